The highest BCUT2D eigenvalue weighted by atomic mass is 32.2. The molecule has 156 valence electrons. The first-order valence-electron chi connectivity index (χ1n) is 10.2. The third kappa shape index (κ3) is 5.58. The van der Waals surface area contributed by atoms with Gasteiger partial charge in [-0.3, -0.25) is 4.79 Å². The molecule has 1 unspecified atom stereocenters. The standard InChI is InChI=1S/C23H30FN3OS/c1-27(2)21(18-10-12-19(24)13-11-18)17-8-6-16(7-9-17)15-26-22(28)20-5-4-14-25-23(20)29-3/h4-5,10-14,16-17,21H,6-9,15H2,1-3H3,(H,26,28). The van der Waals surface area contributed by atoms with Gasteiger partial charge >= 0.3 is 0 Å². The molecule has 6 heteroatoms. The third-order valence-corrected chi connectivity index (χ3v) is 6.58. The number of rotatable bonds is 7. The summed E-state index contributed by atoms with van der Waals surface area (Å²) in [5, 5.41) is 3.87. The number of amides is 1. The van der Waals surface area contributed by atoms with E-state index in [0.717, 1.165) is 30.7 Å². The fourth-order valence-corrected chi connectivity index (χ4v) is 4.97. The number of nitrogens with one attached hydrogen (secondary N) is 1. The van der Waals surface area contributed by atoms with Crippen molar-refractivity contribution in [2.24, 2.45) is 11.8 Å². The zero-order valence-electron chi connectivity index (χ0n) is 17.4. The normalized spacial score (nSPS) is 20.4. The summed E-state index contributed by atoms with van der Waals surface area (Å²) in [6.45, 7) is 0.706. The van der Waals surface area contributed by atoms with Crippen LogP contribution in [-0.4, -0.2) is 42.7 Å². The van der Waals surface area contributed by atoms with Gasteiger partial charge in [0.25, 0.3) is 5.91 Å². The highest BCUT2D eigenvalue weighted by Crippen LogP contribution is 2.39. The van der Waals surface area contributed by atoms with E-state index >= 15 is 0 Å². The Morgan fingerprint density at radius 1 is 1.21 bits per heavy atom. The molecular formula is C23H30FN3OS. The van der Waals surface area contributed by atoms with Gasteiger partial charge < -0.3 is 10.2 Å². The van der Waals surface area contributed by atoms with Crippen LogP contribution in [0, 0.1) is 17.7 Å². The molecule has 2 aromatic rings. The van der Waals surface area contributed by atoms with Crippen LogP contribution in [0.5, 0.6) is 0 Å². The zero-order valence-corrected chi connectivity index (χ0v) is 18.2. The largest absolute Gasteiger partial charge is 0.352 e. The van der Waals surface area contributed by atoms with Crippen LogP contribution in [0.3, 0.4) is 0 Å². The summed E-state index contributed by atoms with van der Waals surface area (Å²) in [6, 6.07) is 10.8. The molecule has 4 nitrogen and oxygen atoms in total. The number of halogens is 1. The molecule has 1 aromatic heterocycles. The first-order chi connectivity index (χ1) is 14.0. The van der Waals surface area contributed by atoms with Gasteiger partial charge in [0.1, 0.15) is 10.8 Å². The molecular weight excluding hydrogens is 385 g/mol. The second kappa shape index (κ2) is 10.2. The molecule has 0 radical (unpaired) electrons. The first kappa shape index (κ1) is 21.8. The summed E-state index contributed by atoms with van der Waals surface area (Å²) in [7, 11) is 4.19. The van der Waals surface area contributed by atoms with Gasteiger partial charge in [-0.15, -0.1) is 11.8 Å². The van der Waals surface area contributed by atoms with E-state index in [2.05, 4.69) is 29.3 Å². The van der Waals surface area contributed by atoms with Gasteiger partial charge in [-0.2, -0.15) is 0 Å². The van der Waals surface area contributed by atoms with Crippen LogP contribution in [-0.2, 0) is 0 Å². The van der Waals surface area contributed by atoms with E-state index in [9.17, 15) is 9.18 Å². The lowest BCUT2D eigenvalue weighted by molar-refractivity contribution is 0.0930. The molecule has 3 rings (SSSR count). The molecule has 1 N–H and O–H groups in total. The Bertz CT molecular complexity index is 804. The minimum Gasteiger partial charge on any atom is -0.352 e. The van der Waals surface area contributed by atoms with E-state index in [-0.39, 0.29) is 11.7 Å². The second-order valence-corrected chi connectivity index (χ2v) is 8.81. The maximum atomic E-state index is 13.3. The molecule has 0 spiro atoms. The highest BCUT2D eigenvalue weighted by molar-refractivity contribution is 7.98. The van der Waals surface area contributed by atoms with Gasteiger partial charge in [-0.05, 0) is 87.7 Å². The summed E-state index contributed by atoms with van der Waals surface area (Å²) in [6.07, 6.45) is 8.07. The molecule has 1 aliphatic carbocycles. The summed E-state index contributed by atoms with van der Waals surface area (Å²) in [5.41, 5.74) is 1.83. The summed E-state index contributed by atoms with van der Waals surface area (Å²) >= 11 is 1.49. The Balaban J connectivity index is 1.54. The summed E-state index contributed by atoms with van der Waals surface area (Å²) < 4.78 is 13.3. The van der Waals surface area contributed by atoms with Gasteiger partial charge in [0.2, 0.25) is 0 Å². The average molecular weight is 416 g/mol. The van der Waals surface area contributed by atoms with Gasteiger partial charge in [-0.1, -0.05) is 12.1 Å². The van der Waals surface area contributed by atoms with E-state index in [1.54, 1.807) is 24.4 Å². The molecule has 0 saturated heterocycles. The van der Waals surface area contributed by atoms with Crippen LogP contribution in [0.1, 0.15) is 47.6 Å². The molecule has 1 heterocycles. The molecule has 1 amide bonds. The topological polar surface area (TPSA) is 45.2 Å². The number of hydrogen-bond donors (Lipinski definition) is 1. The van der Waals surface area contributed by atoms with Crippen LogP contribution in [0.25, 0.3) is 0 Å². The number of carbonyl (C=O) groups is 1. The fraction of sp³-hybridized carbons (Fsp3) is 0.478. The van der Waals surface area contributed by atoms with Crippen molar-refractivity contribution in [2.45, 2.75) is 36.8 Å². The molecule has 1 aliphatic rings. The van der Waals surface area contributed by atoms with Crippen molar-refractivity contribution in [3.63, 3.8) is 0 Å². The van der Waals surface area contributed by atoms with E-state index in [4.69, 9.17) is 0 Å². The van der Waals surface area contributed by atoms with Crippen molar-refractivity contribution in [1.82, 2.24) is 15.2 Å². The fourth-order valence-electron chi connectivity index (χ4n) is 4.42. The number of benzene rings is 1. The summed E-state index contributed by atoms with van der Waals surface area (Å²) in [5.74, 6) is 0.815. The number of carbonyl (C=O) groups excluding carboxylic acids is 1. The van der Waals surface area contributed by atoms with Gasteiger partial charge in [-0.25, -0.2) is 9.37 Å². The number of nitrogens with zero attached hydrogens (tertiary/aromatic N) is 2. The third-order valence-electron chi connectivity index (χ3n) is 5.87. The predicted octanol–water partition coefficient (Wildman–Crippen LogP) is 4.78. The number of hydrogen-bond acceptors (Lipinski definition) is 4. The van der Waals surface area contributed by atoms with E-state index in [0.29, 0.717) is 30.0 Å². The van der Waals surface area contributed by atoms with Gasteiger partial charge in [0.05, 0.1) is 5.56 Å². The van der Waals surface area contributed by atoms with Crippen LogP contribution < -0.4 is 5.32 Å². The Labute approximate surface area is 177 Å². The molecule has 29 heavy (non-hydrogen) atoms. The maximum absolute atomic E-state index is 13.3. The molecule has 1 aromatic carbocycles. The number of aromatic nitrogens is 1. The molecule has 1 saturated carbocycles. The lowest BCUT2D eigenvalue weighted by Gasteiger charge is -2.37. The minimum absolute atomic E-state index is 0.0398. The molecule has 1 atom stereocenters. The van der Waals surface area contributed by atoms with E-state index < -0.39 is 0 Å². The van der Waals surface area contributed by atoms with Crippen molar-refractivity contribution >= 4 is 17.7 Å². The van der Waals surface area contributed by atoms with Crippen LogP contribution in [0.4, 0.5) is 4.39 Å². The first-order valence-corrected chi connectivity index (χ1v) is 11.4. The second-order valence-electron chi connectivity index (χ2n) is 8.01. The maximum Gasteiger partial charge on any atom is 0.254 e. The van der Waals surface area contributed by atoms with Gasteiger partial charge in [0, 0.05) is 18.8 Å². The van der Waals surface area contributed by atoms with Crippen molar-refractivity contribution in [3.8, 4) is 0 Å². The average Bonchev–Trinajstić information content (AvgIpc) is 2.74. The van der Waals surface area contributed by atoms with Gasteiger partial charge in [0.15, 0.2) is 0 Å². The van der Waals surface area contributed by atoms with Crippen molar-refractivity contribution in [1.29, 1.82) is 0 Å². The predicted molar refractivity (Wildman–Crippen MR) is 117 cm³/mol. The highest BCUT2D eigenvalue weighted by Gasteiger charge is 2.30. The van der Waals surface area contributed by atoms with Crippen molar-refractivity contribution < 1.29 is 9.18 Å². The molecule has 1 fully saturated rings. The van der Waals surface area contributed by atoms with Crippen LogP contribution in [0.2, 0.25) is 0 Å². The molecule has 0 aliphatic heterocycles. The minimum atomic E-state index is -0.191. The quantitative estimate of drug-likeness (QED) is 0.661. The number of pyridine rings is 1. The van der Waals surface area contributed by atoms with E-state index in [1.165, 1.54) is 17.3 Å². The van der Waals surface area contributed by atoms with Crippen molar-refractivity contribution in [3.05, 3.63) is 59.5 Å². The number of thioether (sulfide) groups is 1. The van der Waals surface area contributed by atoms with Crippen LogP contribution >= 0.6 is 11.8 Å². The monoisotopic (exact) mass is 415 g/mol. The van der Waals surface area contributed by atoms with E-state index in [1.807, 2.05) is 24.5 Å². The summed E-state index contributed by atoms with van der Waals surface area (Å²) in [4.78, 5) is 19.0. The lowest BCUT2D eigenvalue weighted by atomic mass is 9.76. The lowest BCUT2D eigenvalue weighted by Crippen LogP contribution is -2.34. The Morgan fingerprint density at radius 3 is 2.52 bits per heavy atom. The molecule has 0 bridgehead atoms. The smallest absolute Gasteiger partial charge is 0.254 e. The van der Waals surface area contributed by atoms with Crippen LogP contribution in [0.15, 0.2) is 47.6 Å². The SMILES string of the molecule is CSc1ncccc1C(=O)NCC1CCC(C(c2ccc(F)cc2)N(C)C)CC1. The zero-order chi connectivity index (χ0) is 20.8. The Kier molecular flexibility index (Phi) is 7.67. The Hall–Kier alpha value is -1.92. The van der Waals surface area contributed by atoms with Crippen molar-refractivity contribution in [2.75, 3.05) is 26.9 Å². The Morgan fingerprint density at radius 2 is 1.90 bits per heavy atom.